The van der Waals surface area contributed by atoms with Crippen LogP contribution >= 0.6 is 0 Å². The lowest BCUT2D eigenvalue weighted by atomic mass is 10.0. The van der Waals surface area contributed by atoms with Gasteiger partial charge in [0.2, 0.25) is 5.83 Å². The Morgan fingerprint density at radius 3 is 1.17 bits per heavy atom. The second-order valence-corrected chi connectivity index (χ2v) is 2.80. The molecule has 0 radical (unpaired) electrons. The van der Waals surface area contributed by atoms with E-state index >= 15 is 0 Å². The zero-order valence-electron chi connectivity index (χ0n) is 8.54. The van der Waals surface area contributed by atoms with Gasteiger partial charge in [0.15, 0.2) is 0 Å². The molecule has 0 aromatic rings. The van der Waals surface area contributed by atoms with Crippen molar-refractivity contribution in [1.82, 2.24) is 0 Å². The Balaban J connectivity index is 0. The van der Waals surface area contributed by atoms with Gasteiger partial charge in [0.05, 0.1) is 0 Å². The Labute approximate surface area is 91.3 Å². The second-order valence-electron chi connectivity index (χ2n) is 2.80. The van der Waals surface area contributed by atoms with Crippen molar-refractivity contribution in [1.29, 1.82) is 0 Å². The van der Waals surface area contributed by atoms with Crippen LogP contribution in [0.2, 0.25) is 0 Å². The van der Waals surface area contributed by atoms with E-state index in [-0.39, 0.29) is 1.43 Å². The Morgan fingerprint density at radius 2 is 0.944 bits per heavy atom. The Bertz CT molecular complexity index is 348. The number of rotatable bonds is 3. The predicted octanol–water partition coefficient (Wildman–Crippen LogP) is 4.64. The maximum absolute atomic E-state index is 12.3. The molecule has 0 atom stereocenters. The summed E-state index contributed by atoms with van der Waals surface area (Å²) >= 11 is 0. The molecule has 0 aliphatic rings. The van der Waals surface area contributed by atoms with E-state index in [0.29, 0.717) is 0 Å². The third-order valence-corrected chi connectivity index (χ3v) is 1.59. The first kappa shape index (κ1) is 16.9. The Kier molecular flexibility index (Phi) is 3.97. The quantitative estimate of drug-likeness (QED) is 0.666. The molecular formula is C6HF12+. The van der Waals surface area contributed by atoms with Crippen molar-refractivity contribution in [2.24, 2.45) is 0 Å². The first-order valence-electron chi connectivity index (χ1n) is 3.52. The highest BCUT2D eigenvalue weighted by Gasteiger charge is 2.83. The summed E-state index contributed by atoms with van der Waals surface area (Å²) in [6.07, 6.45) is -11.3. The van der Waals surface area contributed by atoms with Crippen molar-refractivity contribution < 1.29 is 54.1 Å². The maximum Gasteiger partial charge on any atom is 1.00 e. The van der Waals surface area contributed by atoms with Crippen LogP contribution in [0.3, 0.4) is 0 Å². The van der Waals surface area contributed by atoms with Crippen molar-refractivity contribution in [2.75, 3.05) is 0 Å². The summed E-state index contributed by atoms with van der Waals surface area (Å²) in [7, 11) is 0. The van der Waals surface area contributed by atoms with E-state index in [9.17, 15) is 52.7 Å². The smallest absolute Gasteiger partial charge is 0.199 e. The second kappa shape index (κ2) is 4.23. The van der Waals surface area contributed by atoms with Gasteiger partial charge in [0.25, 0.3) is 0 Å². The molecule has 0 nitrogen and oxygen atoms in total. The van der Waals surface area contributed by atoms with Crippen LogP contribution in [0.4, 0.5) is 52.7 Å². The predicted molar refractivity (Wildman–Crippen MR) is 32.4 cm³/mol. The lowest BCUT2D eigenvalue weighted by molar-refractivity contribution is -0.392. The van der Waals surface area contributed by atoms with E-state index in [1.165, 1.54) is 0 Å². The molecule has 0 saturated heterocycles. The highest BCUT2D eigenvalue weighted by atomic mass is 19.4. The molecule has 0 rings (SSSR count). The fourth-order valence-electron chi connectivity index (χ4n) is 0.632. The minimum Gasteiger partial charge on any atom is -0.199 e. The molecule has 0 N–H and O–H groups in total. The largest absolute Gasteiger partial charge is 1.00 e. The third kappa shape index (κ3) is 2.23. The van der Waals surface area contributed by atoms with Gasteiger partial charge in [0, 0.05) is 0 Å². The van der Waals surface area contributed by atoms with Crippen LogP contribution in [0.5, 0.6) is 0 Å². The van der Waals surface area contributed by atoms with Gasteiger partial charge in [-0.1, -0.05) is 0 Å². The van der Waals surface area contributed by atoms with Crippen molar-refractivity contribution in [2.45, 2.75) is 23.9 Å². The molecule has 12 heteroatoms. The fourth-order valence-corrected chi connectivity index (χ4v) is 0.632. The van der Waals surface area contributed by atoms with Gasteiger partial charge in [-0.15, -0.1) is 0 Å². The standard InChI is InChI=1S/C6F12/c7-1(2(8)9)3(10,11)4(12,13)5(14,15)6(16,17)18/p+1. The molecular weight excluding hydrogens is 300 g/mol. The molecule has 0 bridgehead atoms. The van der Waals surface area contributed by atoms with Crippen LogP contribution in [-0.4, -0.2) is 23.9 Å². The van der Waals surface area contributed by atoms with E-state index < -0.39 is 35.9 Å². The molecule has 0 aliphatic carbocycles. The number of halogens is 12. The van der Waals surface area contributed by atoms with E-state index in [0.717, 1.165) is 0 Å². The summed E-state index contributed by atoms with van der Waals surface area (Å²) in [5, 5.41) is 0. The molecule has 0 fully saturated rings. The van der Waals surface area contributed by atoms with Gasteiger partial charge >= 0.3 is 31.5 Å². The molecule has 18 heavy (non-hydrogen) atoms. The van der Waals surface area contributed by atoms with Crippen molar-refractivity contribution in [3.63, 3.8) is 0 Å². The zero-order chi connectivity index (χ0) is 15.2. The molecule has 108 valence electrons. The van der Waals surface area contributed by atoms with E-state index in [1.54, 1.807) is 0 Å². The SMILES string of the molecule is FC(F)=C(F)C(F)(F)C(F)(F)C(F)(F)C(F)(F)F.[H+]. The highest BCUT2D eigenvalue weighted by Crippen LogP contribution is 2.55. The number of allylic oxidation sites excluding steroid dienone is 1. The Hall–Kier alpha value is -1.10. The van der Waals surface area contributed by atoms with Gasteiger partial charge in [-0.3, -0.25) is 0 Å². The number of hydrogen-bond donors (Lipinski definition) is 0. The average molecular weight is 301 g/mol. The lowest BCUT2D eigenvalue weighted by Gasteiger charge is -2.32. The topological polar surface area (TPSA) is 0 Å². The van der Waals surface area contributed by atoms with Gasteiger partial charge in [-0.2, -0.15) is 52.7 Å². The maximum atomic E-state index is 12.3. The first-order chi connectivity index (χ1) is 7.60. The minimum absolute atomic E-state index is 0. The molecule has 0 aromatic carbocycles. The highest BCUT2D eigenvalue weighted by molar-refractivity contribution is 5.15. The fraction of sp³-hybridized carbons (Fsp3) is 0.667. The van der Waals surface area contributed by atoms with E-state index in [2.05, 4.69) is 0 Å². The van der Waals surface area contributed by atoms with Crippen LogP contribution < -0.4 is 0 Å². The van der Waals surface area contributed by atoms with Crippen molar-refractivity contribution in [3.05, 3.63) is 11.9 Å². The van der Waals surface area contributed by atoms with Crippen LogP contribution in [0, 0.1) is 0 Å². The lowest BCUT2D eigenvalue weighted by Crippen LogP contribution is -2.61. The summed E-state index contributed by atoms with van der Waals surface area (Å²) in [6.45, 7) is 0. The van der Waals surface area contributed by atoms with E-state index in [4.69, 9.17) is 0 Å². The summed E-state index contributed by atoms with van der Waals surface area (Å²) in [5.74, 6) is -26.2. The zero-order valence-corrected chi connectivity index (χ0v) is 7.54. The normalized spacial score (nSPS) is 14.7. The molecule has 0 aliphatic heterocycles. The molecule has 0 spiro atoms. The molecule has 0 heterocycles. The van der Waals surface area contributed by atoms with Crippen molar-refractivity contribution in [3.8, 4) is 0 Å². The first-order valence-corrected chi connectivity index (χ1v) is 3.52. The molecule has 0 unspecified atom stereocenters. The van der Waals surface area contributed by atoms with Gasteiger partial charge in [-0.05, 0) is 0 Å². The number of alkyl halides is 9. The van der Waals surface area contributed by atoms with Gasteiger partial charge in [-0.25, -0.2) is 0 Å². The molecule has 0 saturated carbocycles. The van der Waals surface area contributed by atoms with Crippen LogP contribution in [0.1, 0.15) is 1.43 Å². The summed E-state index contributed by atoms with van der Waals surface area (Å²) < 4.78 is 142. The van der Waals surface area contributed by atoms with Crippen LogP contribution in [0.15, 0.2) is 11.9 Å². The average Bonchev–Trinajstić information content (AvgIpc) is 2.13. The monoisotopic (exact) mass is 301 g/mol. The summed E-state index contributed by atoms with van der Waals surface area (Å²) in [5.41, 5.74) is 0. The molecule has 0 aromatic heterocycles. The van der Waals surface area contributed by atoms with Crippen molar-refractivity contribution >= 4 is 0 Å². The minimum atomic E-state index is -7.42. The summed E-state index contributed by atoms with van der Waals surface area (Å²) in [4.78, 5) is 0. The third-order valence-electron chi connectivity index (χ3n) is 1.59. The summed E-state index contributed by atoms with van der Waals surface area (Å²) in [6, 6.07) is 0. The molecule has 0 amide bonds. The van der Waals surface area contributed by atoms with Gasteiger partial charge in [0.1, 0.15) is 0 Å². The van der Waals surface area contributed by atoms with Crippen LogP contribution in [-0.2, 0) is 0 Å². The van der Waals surface area contributed by atoms with Crippen LogP contribution in [0.25, 0.3) is 0 Å². The van der Waals surface area contributed by atoms with Gasteiger partial charge < -0.3 is 0 Å². The van der Waals surface area contributed by atoms with E-state index in [1.807, 2.05) is 0 Å². The Morgan fingerprint density at radius 1 is 0.611 bits per heavy atom. The number of hydrogen-bond acceptors (Lipinski definition) is 0.